The van der Waals surface area contributed by atoms with Crippen LogP contribution in [0.1, 0.15) is 207 Å². The van der Waals surface area contributed by atoms with E-state index in [1.807, 2.05) is 72.9 Å². The summed E-state index contributed by atoms with van der Waals surface area (Å²) in [6.07, 6.45) is 78.2. The molecule has 0 aromatic heterocycles. The van der Waals surface area contributed by atoms with Gasteiger partial charge in [-0.2, -0.15) is 0 Å². The Kier molecular flexibility index (Phi) is 51.1. The van der Waals surface area contributed by atoms with E-state index >= 15 is 0 Å². The Morgan fingerprint density at radius 1 is 0.324 bits per heavy atom. The molecule has 0 spiro atoms. The van der Waals surface area contributed by atoms with Crippen LogP contribution in [0.3, 0.4) is 0 Å². The quantitative estimate of drug-likeness (QED) is 0.0199. The molecule has 0 amide bonds. The van der Waals surface area contributed by atoms with Crippen molar-refractivity contribution in [1.29, 1.82) is 0 Å². The molecule has 6 heteroatoms. The summed E-state index contributed by atoms with van der Waals surface area (Å²) in [7, 11) is 0. The van der Waals surface area contributed by atoms with Crippen molar-refractivity contribution < 1.29 is 28.6 Å². The third-order valence-electron chi connectivity index (χ3n) is 10.8. The zero-order valence-corrected chi connectivity index (χ0v) is 43.3. The Labute approximate surface area is 417 Å². The molecule has 0 heterocycles. The van der Waals surface area contributed by atoms with Crippen molar-refractivity contribution >= 4 is 17.9 Å². The van der Waals surface area contributed by atoms with E-state index in [1.165, 1.54) is 64.2 Å². The molecule has 0 fully saturated rings. The monoisotopic (exact) mass is 937 g/mol. The molecular weight excluding hydrogens is 841 g/mol. The molecular formula is C62H96O6. The van der Waals surface area contributed by atoms with Crippen LogP contribution in [-0.2, 0) is 28.6 Å². The van der Waals surface area contributed by atoms with E-state index in [0.29, 0.717) is 25.7 Å². The van der Waals surface area contributed by atoms with E-state index in [9.17, 15) is 14.4 Å². The Bertz CT molecular complexity index is 1540. The van der Waals surface area contributed by atoms with Gasteiger partial charge in [-0.15, -0.1) is 0 Å². The first-order valence-corrected chi connectivity index (χ1v) is 26.9. The van der Waals surface area contributed by atoms with Gasteiger partial charge >= 0.3 is 17.9 Å². The fourth-order valence-corrected chi connectivity index (χ4v) is 6.76. The van der Waals surface area contributed by atoms with Crippen molar-refractivity contribution in [1.82, 2.24) is 0 Å². The van der Waals surface area contributed by atoms with Gasteiger partial charge in [-0.25, -0.2) is 0 Å². The average Bonchev–Trinajstić information content (AvgIpc) is 3.34. The molecule has 6 nitrogen and oxygen atoms in total. The van der Waals surface area contributed by atoms with E-state index < -0.39 is 6.10 Å². The van der Waals surface area contributed by atoms with Gasteiger partial charge in [-0.3, -0.25) is 14.4 Å². The second-order valence-corrected chi connectivity index (χ2v) is 17.2. The lowest BCUT2D eigenvalue weighted by molar-refractivity contribution is -0.167. The predicted octanol–water partition coefficient (Wildman–Crippen LogP) is 18.0. The molecule has 0 saturated heterocycles. The second kappa shape index (κ2) is 54.9. The first-order valence-electron chi connectivity index (χ1n) is 26.9. The fraction of sp³-hybridized carbons (Fsp3) is 0.565. The van der Waals surface area contributed by atoms with Crippen LogP contribution in [0.4, 0.5) is 0 Å². The molecule has 0 aliphatic rings. The van der Waals surface area contributed by atoms with Crippen LogP contribution >= 0.6 is 0 Å². The molecule has 380 valence electrons. The third-order valence-corrected chi connectivity index (χ3v) is 10.8. The summed E-state index contributed by atoms with van der Waals surface area (Å²) in [6, 6.07) is 0. The van der Waals surface area contributed by atoms with Gasteiger partial charge in [0.15, 0.2) is 6.10 Å². The molecule has 0 saturated carbocycles. The van der Waals surface area contributed by atoms with E-state index in [-0.39, 0.29) is 37.5 Å². The minimum atomic E-state index is -0.822. The van der Waals surface area contributed by atoms with Crippen LogP contribution in [0.5, 0.6) is 0 Å². The number of unbranched alkanes of at least 4 members (excludes halogenated alkanes) is 17. The third kappa shape index (κ3) is 52.3. The zero-order chi connectivity index (χ0) is 49.3. The predicted molar refractivity (Wildman–Crippen MR) is 292 cm³/mol. The summed E-state index contributed by atoms with van der Waals surface area (Å²) >= 11 is 0. The van der Waals surface area contributed by atoms with Gasteiger partial charge in [0.2, 0.25) is 0 Å². The summed E-state index contributed by atoms with van der Waals surface area (Å²) in [5.41, 5.74) is 0. The summed E-state index contributed by atoms with van der Waals surface area (Å²) in [5, 5.41) is 0. The first kappa shape index (κ1) is 63.3. The van der Waals surface area contributed by atoms with Gasteiger partial charge in [0.1, 0.15) is 13.2 Å². The Morgan fingerprint density at radius 3 is 1.10 bits per heavy atom. The van der Waals surface area contributed by atoms with Gasteiger partial charge in [0.05, 0.1) is 0 Å². The van der Waals surface area contributed by atoms with Crippen LogP contribution in [0.15, 0.2) is 146 Å². The van der Waals surface area contributed by atoms with Crippen LogP contribution in [-0.4, -0.2) is 37.2 Å². The number of carbonyl (C=O) groups excluding carboxylic acids is 3. The van der Waals surface area contributed by atoms with Crippen LogP contribution in [0.2, 0.25) is 0 Å². The molecule has 1 unspecified atom stereocenters. The van der Waals surface area contributed by atoms with Gasteiger partial charge in [0.25, 0.3) is 0 Å². The molecule has 0 rings (SSSR count). The zero-order valence-electron chi connectivity index (χ0n) is 43.3. The number of hydrogen-bond donors (Lipinski definition) is 0. The lowest BCUT2D eigenvalue weighted by Gasteiger charge is -2.18. The largest absolute Gasteiger partial charge is 0.462 e. The number of ether oxygens (including phenoxy) is 3. The molecule has 0 aromatic carbocycles. The summed E-state index contributed by atoms with van der Waals surface area (Å²) in [4.78, 5) is 38.1. The van der Waals surface area contributed by atoms with E-state index in [2.05, 4.69) is 93.7 Å². The maximum Gasteiger partial charge on any atom is 0.306 e. The second-order valence-electron chi connectivity index (χ2n) is 17.2. The summed E-state index contributed by atoms with van der Waals surface area (Å²) < 4.78 is 16.8. The Morgan fingerprint density at radius 2 is 0.647 bits per heavy atom. The van der Waals surface area contributed by atoms with Crippen molar-refractivity contribution in [3.8, 4) is 0 Å². The Hall–Kier alpha value is -4.71. The Balaban J connectivity index is 4.59. The summed E-state index contributed by atoms with van der Waals surface area (Å²) in [5.74, 6) is -1.01. The first-order chi connectivity index (χ1) is 33.5. The summed E-state index contributed by atoms with van der Waals surface area (Å²) in [6.45, 7) is 6.28. The van der Waals surface area contributed by atoms with E-state index in [4.69, 9.17) is 14.2 Å². The highest BCUT2D eigenvalue weighted by Gasteiger charge is 2.19. The number of allylic oxidation sites excluding steroid dienone is 24. The fourth-order valence-electron chi connectivity index (χ4n) is 6.76. The number of esters is 3. The lowest BCUT2D eigenvalue weighted by atomic mass is 10.1. The maximum absolute atomic E-state index is 12.8. The van der Waals surface area contributed by atoms with Gasteiger partial charge in [0, 0.05) is 19.3 Å². The highest BCUT2D eigenvalue weighted by molar-refractivity contribution is 5.71. The maximum atomic E-state index is 12.8. The lowest BCUT2D eigenvalue weighted by Crippen LogP contribution is -2.30. The number of carbonyl (C=O) groups is 3. The molecule has 0 aliphatic carbocycles. The van der Waals surface area contributed by atoms with E-state index in [1.54, 1.807) is 0 Å². The highest BCUT2D eigenvalue weighted by Crippen LogP contribution is 2.13. The van der Waals surface area contributed by atoms with Gasteiger partial charge < -0.3 is 14.2 Å². The molecule has 0 aromatic rings. The van der Waals surface area contributed by atoms with Gasteiger partial charge in [-0.1, -0.05) is 231 Å². The molecule has 0 radical (unpaired) electrons. The van der Waals surface area contributed by atoms with Crippen LogP contribution in [0, 0.1) is 0 Å². The van der Waals surface area contributed by atoms with E-state index in [0.717, 1.165) is 89.9 Å². The van der Waals surface area contributed by atoms with Gasteiger partial charge in [-0.05, 0) is 103 Å². The van der Waals surface area contributed by atoms with Crippen molar-refractivity contribution in [2.75, 3.05) is 13.2 Å². The average molecular weight is 937 g/mol. The molecule has 1 atom stereocenters. The molecule has 0 N–H and O–H groups in total. The van der Waals surface area contributed by atoms with Crippen LogP contribution in [0.25, 0.3) is 0 Å². The number of rotatable bonds is 46. The smallest absolute Gasteiger partial charge is 0.306 e. The highest BCUT2D eigenvalue weighted by atomic mass is 16.6. The standard InChI is InChI=1S/C62H96O6/c1-4-7-10-13-16-19-22-25-28-30-31-32-35-37-40-43-46-49-52-55-61(64)67-58-59(57-66-60(63)54-51-48-45-42-39-36-33-27-24-21-18-15-12-9-6-3)68-62(65)56-53-50-47-44-41-38-34-29-26-23-20-17-14-11-8-5-2/h7-8,10-11,13,16-17,19-22,24-26,28-32,35,37-38,40-41,59H,4-6,9,12,14-15,18,23,27,33-34,36,39,42-58H2,1-3H3/b10-7-,11-8-,16-13-,20-17-,22-19-,24-21-,28-25-,29-26-,31-30+,35-32-,40-37-,41-38-. The van der Waals surface area contributed by atoms with Crippen molar-refractivity contribution in [3.63, 3.8) is 0 Å². The SMILES string of the molecule is CC\C=C/C=C\C=C/C=C\C=C\C=C/C=C\CCCCCC(=O)OCC(COC(=O)CCCCCCCCC/C=C\CCCCCC)OC(=O)CCCCC/C=C\C/C=C\C/C=C\C/C=C\CC. The minimum absolute atomic E-state index is 0.114. The molecule has 0 bridgehead atoms. The molecule has 68 heavy (non-hydrogen) atoms. The molecule has 0 aliphatic heterocycles. The minimum Gasteiger partial charge on any atom is -0.462 e. The number of hydrogen-bond acceptors (Lipinski definition) is 6. The van der Waals surface area contributed by atoms with Crippen LogP contribution < -0.4 is 0 Å². The normalized spacial score (nSPS) is 13.3. The van der Waals surface area contributed by atoms with Crippen molar-refractivity contribution in [2.24, 2.45) is 0 Å². The van der Waals surface area contributed by atoms with Crippen molar-refractivity contribution in [3.05, 3.63) is 146 Å². The topological polar surface area (TPSA) is 78.9 Å². The van der Waals surface area contributed by atoms with Crippen molar-refractivity contribution in [2.45, 2.75) is 213 Å².